The van der Waals surface area contributed by atoms with Gasteiger partial charge in [-0.05, 0) is 33.6 Å². The molecule has 1 aromatic rings. The number of anilines is 1. The molecule has 1 amide bonds. The summed E-state index contributed by atoms with van der Waals surface area (Å²) < 4.78 is 0.991. The summed E-state index contributed by atoms with van der Waals surface area (Å²) in [6.45, 7) is 4.89. The second-order valence-electron chi connectivity index (χ2n) is 4.44. The maximum atomic E-state index is 11.3. The number of rotatable bonds is 2. The van der Waals surface area contributed by atoms with Gasteiger partial charge >= 0.3 is 0 Å². The highest BCUT2D eigenvalue weighted by atomic mass is 79.9. The van der Waals surface area contributed by atoms with E-state index < -0.39 is 0 Å². The van der Waals surface area contributed by atoms with E-state index in [-0.39, 0.29) is 12.5 Å². The summed E-state index contributed by atoms with van der Waals surface area (Å²) in [4.78, 5) is 15.4. The number of hydrogen-bond donors (Lipinski definition) is 1. The Labute approximate surface area is 115 Å². The summed E-state index contributed by atoms with van der Waals surface area (Å²) in [6.07, 6.45) is 0. The molecule has 0 atom stereocenters. The summed E-state index contributed by atoms with van der Waals surface area (Å²) in [7, 11) is 0. The van der Waals surface area contributed by atoms with Gasteiger partial charge in [-0.25, -0.2) is 0 Å². The number of carbonyl (C=O) groups is 1. The summed E-state index contributed by atoms with van der Waals surface area (Å²) in [5, 5.41) is 9.08. The van der Waals surface area contributed by atoms with Crippen LogP contribution in [0.1, 0.15) is 12.5 Å². The lowest BCUT2D eigenvalue weighted by molar-refractivity contribution is -0.129. The molecule has 98 valence electrons. The van der Waals surface area contributed by atoms with E-state index in [4.69, 9.17) is 5.11 Å². The topological polar surface area (TPSA) is 43.8 Å². The molecule has 18 heavy (non-hydrogen) atoms. The van der Waals surface area contributed by atoms with Crippen LogP contribution in [-0.4, -0.2) is 42.1 Å². The van der Waals surface area contributed by atoms with Crippen LogP contribution in [0.2, 0.25) is 0 Å². The number of benzene rings is 1. The molecule has 5 heteroatoms. The Bertz CT molecular complexity index is 443. The highest BCUT2D eigenvalue weighted by Crippen LogP contribution is 2.28. The van der Waals surface area contributed by atoms with Gasteiger partial charge < -0.3 is 14.9 Å². The molecule has 1 saturated heterocycles. The number of aliphatic hydroxyl groups is 1. The van der Waals surface area contributed by atoms with Gasteiger partial charge in [0.1, 0.15) is 0 Å². The minimum atomic E-state index is 0.0526. The number of aliphatic hydroxyl groups excluding tert-OH is 1. The molecule has 1 aliphatic rings. The van der Waals surface area contributed by atoms with E-state index in [2.05, 4.69) is 20.8 Å². The van der Waals surface area contributed by atoms with E-state index in [1.54, 1.807) is 6.92 Å². The Hall–Kier alpha value is -1.07. The Morgan fingerprint density at radius 1 is 1.33 bits per heavy atom. The molecule has 0 aromatic heterocycles. The van der Waals surface area contributed by atoms with Crippen LogP contribution < -0.4 is 4.90 Å². The standard InChI is InChI=1S/C13H17BrN2O2/c1-10(18)15-4-6-16(7-5-15)13-3-2-11(9-17)8-12(13)14/h2-3,8,17H,4-7,9H2,1H3. The van der Waals surface area contributed by atoms with E-state index in [0.717, 1.165) is 41.9 Å². The van der Waals surface area contributed by atoms with Gasteiger partial charge in [0, 0.05) is 37.6 Å². The van der Waals surface area contributed by atoms with Gasteiger partial charge in [-0.3, -0.25) is 4.79 Å². The third kappa shape index (κ3) is 2.84. The summed E-state index contributed by atoms with van der Waals surface area (Å²) in [5.41, 5.74) is 2.02. The van der Waals surface area contributed by atoms with Crippen molar-refractivity contribution in [2.45, 2.75) is 13.5 Å². The summed E-state index contributed by atoms with van der Waals surface area (Å²) in [6, 6.07) is 5.88. The lowest BCUT2D eigenvalue weighted by atomic mass is 10.2. The zero-order valence-electron chi connectivity index (χ0n) is 10.4. The predicted molar refractivity (Wildman–Crippen MR) is 74.5 cm³/mol. The number of amides is 1. The van der Waals surface area contributed by atoms with E-state index in [1.807, 2.05) is 23.1 Å². The number of halogens is 1. The smallest absolute Gasteiger partial charge is 0.219 e. The van der Waals surface area contributed by atoms with Crippen LogP contribution in [-0.2, 0) is 11.4 Å². The van der Waals surface area contributed by atoms with Crippen LogP contribution in [0.15, 0.2) is 22.7 Å². The fourth-order valence-corrected chi connectivity index (χ4v) is 2.84. The fourth-order valence-electron chi connectivity index (χ4n) is 2.17. The van der Waals surface area contributed by atoms with Crippen LogP contribution in [0.4, 0.5) is 5.69 Å². The maximum Gasteiger partial charge on any atom is 0.219 e. The number of hydrogen-bond acceptors (Lipinski definition) is 3. The quantitative estimate of drug-likeness (QED) is 0.902. The first kappa shape index (κ1) is 13.4. The van der Waals surface area contributed by atoms with Crippen molar-refractivity contribution >= 4 is 27.5 Å². The first-order chi connectivity index (χ1) is 8.61. The van der Waals surface area contributed by atoms with Gasteiger partial charge in [-0.2, -0.15) is 0 Å². The predicted octanol–water partition coefficient (Wildman–Crippen LogP) is 1.61. The molecule has 0 saturated carbocycles. The molecule has 1 aliphatic heterocycles. The third-order valence-electron chi connectivity index (χ3n) is 3.26. The van der Waals surface area contributed by atoms with Gasteiger partial charge in [0.15, 0.2) is 0 Å². The van der Waals surface area contributed by atoms with E-state index in [1.165, 1.54) is 0 Å². The zero-order valence-corrected chi connectivity index (χ0v) is 12.0. The van der Waals surface area contributed by atoms with Crippen molar-refractivity contribution in [3.8, 4) is 0 Å². The van der Waals surface area contributed by atoms with Crippen LogP contribution in [0.5, 0.6) is 0 Å². The molecule has 0 aliphatic carbocycles. The molecule has 1 N–H and O–H groups in total. The SMILES string of the molecule is CC(=O)N1CCN(c2ccc(CO)cc2Br)CC1. The number of piperazine rings is 1. The van der Waals surface area contributed by atoms with Crippen molar-refractivity contribution in [3.05, 3.63) is 28.2 Å². The third-order valence-corrected chi connectivity index (χ3v) is 3.90. The minimum Gasteiger partial charge on any atom is -0.392 e. The van der Waals surface area contributed by atoms with E-state index in [9.17, 15) is 4.79 Å². The van der Waals surface area contributed by atoms with Crippen molar-refractivity contribution in [2.24, 2.45) is 0 Å². The van der Waals surface area contributed by atoms with Gasteiger partial charge in [0.2, 0.25) is 5.91 Å². The second-order valence-corrected chi connectivity index (χ2v) is 5.29. The van der Waals surface area contributed by atoms with Crippen LogP contribution in [0.25, 0.3) is 0 Å². The van der Waals surface area contributed by atoms with Crippen molar-refractivity contribution < 1.29 is 9.90 Å². The maximum absolute atomic E-state index is 11.3. The molecule has 1 aromatic carbocycles. The number of nitrogens with zero attached hydrogens (tertiary/aromatic N) is 2. The second kappa shape index (κ2) is 5.71. The Morgan fingerprint density at radius 2 is 2.00 bits per heavy atom. The number of carbonyl (C=O) groups excluding carboxylic acids is 1. The van der Waals surface area contributed by atoms with Gasteiger partial charge in [-0.15, -0.1) is 0 Å². The lowest BCUT2D eigenvalue weighted by Gasteiger charge is -2.36. The molecule has 0 bridgehead atoms. The average Bonchev–Trinajstić information content (AvgIpc) is 2.38. The molecule has 0 radical (unpaired) electrons. The zero-order chi connectivity index (χ0) is 13.1. The molecule has 2 rings (SSSR count). The normalized spacial score (nSPS) is 15.9. The Kier molecular flexibility index (Phi) is 4.24. The van der Waals surface area contributed by atoms with E-state index >= 15 is 0 Å². The first-order valence-electron chi connectivity index (χ1n) is 6.01. The first-order valence-corrected chi connectivity index (χ1v) is 6.81. The minimum absolute atomic E-state index is 0.0526. The molecule has 0 unspecified atom stereocenters. The van der Waals surface area contributed by atoms with Crippen molar-refractivity contribution in [1.29, 1.82) is 0 Å². The van der Waals surface area contributed by atoms with Gasteiger partial charge in [0.05, 0.1) is 12.3 Å². The van der Waals surface area contributed by atoms with Crippen LogP contribution in [0, 0.1) is 0 Å². The van der Waals surface area contributed by atoms with Crippen LogP contribution in [0.3, 0.4) is 0 Å². The highest BCUT2D eigenvalue weighted by Gasteiger charge is 2.20. The van der Waals surface area contributed by atoms with E-state index in [0.29, 0.717) is 0 Å². The van der Waals surface area contributed by atoms with Crippen molar-refractivity contribution in [3.63, 3.8) is 0 Å². The molecule has 4 nitrogen and oxygen atoms in total. The summed E-state index contributed by atoms with van der Waals surface area (Å²) in [5.74, 6) is 0.143. The van der Waals surface area contributed by atoms with Gasteiger partial charge in [-0.1, -0.05) is 6.07 Å². The summed E-state index contributed by atoms with van der Waals surface area (Å²) >= 11 is 3.53. The van der Waals surface area contributed by atoms with Gasteiger partial charge in [0.25, 0.3) is 0 Å². The fraction of sp³-hybridized carbons (Fsp3) is 0.462. The highest BCUT2D eigenvalue weighted by molar-refractivity contribution is 9.10. The largest absolute Gasteiger partial charge is 0.392 e. The Morgan fingerprint density at radius 3 is 2.50 bits per heavy atom. The van der Waals surface area contributed by atoms with Crippen molar-refractivity contribution in [1.82, 2.24) is 4.90 Å². The molecule has 0 spiro atoms. The molecular weight excluding hydrogens is 296 g/mol. The molecule has 1 fully saturated rings. The lowest BCUT2D eigenvalue weighted by Crippen LogP contribution is -2.48. The monoisotopic (exact) mass is 312 g/mol. The van der Waals surface area contributed by atoms with Crippen molar-refractivity contribution in [2.75, 3.05) is 31.1 Å². The molecular formula is C13H17BrN2O2. The van der Waals surface area contributed by atoms with Crippen LogP contribution >= 0.6 is 15.9 Å². The Balaban J connectivity index is 2.07. The molecule has 1 heterocycles. The average molecular weight is 313 g/mol.